The largest absolute Gasteiger partial charge is 0.508 e. The Balaban J connectivity index is 0.00000169. The van der Waals surface area contributed by atoms with Crippen molar-refractivity contribution in [3.8, 4) is 5.75 Å². The van der Waals surface area contributed by atoms with Gasteiger partial charge in [0.15, 0.2) is 0 Å². The van der Waals surface area contributed by atoms with E-state index in [0.29, 0.717) is 0 Å². The van der Waals surface area contributed by atoms with Crippen LogP contribution >= 0.6 is 12.4 Å². The number of phenols is 1. The van der Waals surface area contributed by atoms with Gasteiger partial charge in [-0.2, -0.15) is 0 Å². The monoisotopic (exact) mass is 217 g/mol. The van der Waals surface area contributed by atoms with Crippen molar-refractivity contribution in [2.45, 2.75) is 6.42 Å². The van der Waals surface area contributed by atoms with Gasteiger partial charge < -0.3 is 9.84 Å². The Kier molecular flexibility index (Phi) is 5.67. The molecule has 78 valence electrons. The van der Waals surface area contributed by atoms with Crippen LogP contribution in [0.2, 0.25) is 0 Å². The van der Waals surface area contributed by atoms with Crippen molar-refractivity contribution in [3.05, 3.63) is 29.8 Å². The molecule has 0 amide bonds. The number of rotatable bonds is 3. The van der Waals surface area contributed by atoms with E-state index in [4.69, 9.17) is 10.8 Å². The number of phenolic OH excluding ortho intramolecular Hbond substituents is 1. The molecule has 1 rings (SSSR count). The summed E-state index contributed by atoms with van der Waals surface area (Å²) in [5.74, 6) is -0.191. The number of hydrogen-bond acceptors (Lipinski definition) is 4. The molecule has 1 aromatic carbocycles. The molecular formula is C9H12ClNO3. The Hall–Kier alpha value is -1.26. The summed E-state index contributed by atoms with van der Waals surface area (Å²) in [6, 6.07) is 6.36. The molecule has 0 atom stereocenters. The maximum Gasteiger partial charge on any atom is 0.311 e. The number of halogens is 1. The number of carbonyl (C=O) groups excluding carboxylic acids is 1. The van der Waals surface area contributed by atoms with Gasteiger partial charge in [0, 0.05) is 0 Å². The average molecular weight is 218 g/mol. The predicted molar refractivity (Wildman–Crippen MR) is 54.2 cm³/mol. The molecule has 0 saturated heterocycles. The van der Waals surface area contributed by atoms with Crippen LogP contribution in [0.25, 0.3) is 0 Å². The van der Waals surface area contributed by atoms with Crippen LogP contribution in [-0.2, 0) is 16.0 Å². The van der Waals surface area contributed by atoms with Gasteiger partial charge in [-0.1, -0.05) is 12.1 Å². The van der Waals surface area contributed by atoms with Gasteiger partial charge in [-0.15, -0.1) is 12.4 Å². The average Bonchev–Trinajstić information content (AvgIpc) is 2.09. The van der Waals surface area contributed by atoms with Crippen molar-refractivity contribution >= 4 is 18.4 Å². The molecule has 1 aromatic rings. The van der Waals surface area contributed by atoms with Gasteiger partial charge in [-0.25, -0.2) is 0 Å². The molecule has 0 fully saturated rings. The fourth-order valence-electron chi connectivity index (χ4n) is 0.924. The zero-order valence-corrected chi connectivity index (χ0v) is 8.29. The van der Waals surface area contributed by atoms with Crippen molar-refractivity contribution < 1.29 is 14.6 Å². The number of nitrogens with two attached hydrogens (primary N) is 1. The summed E-state index contributed by atoms with van der Waals surface area (Å²) in [5.41, 5.74) is 5.81. The molecule has 0 aromatic heterocycles. The van der Waals surface area contributed by atoms with E-state index in [1.807, 2.05) is 0 Å². The third-order valence-electron chi connectivity index (χ3n) is 1.53. The number of carbonyl (C=O) groups is 1. The molecule has 0 saturated carbocycles. The number of aromatic hydroxyl groups is 1. The van der Waals surface area contributed by atoms with E-state index in [2.05, 4.69) is 4.74 Å². The quantitative estimate of drug-likeness (QED) is 0.581. The molecule has 5 heteroatoms. The van der Waals surface area contributed by atoms with Crippen LogP contribution in [0.15, 0.2) is 24.3 Å². The highest BCUT2D eigenvalue weighted by molar-refractivity contribution is 5.85. The maximum atomic E-state index is 10.9. The summed E-state index contributed by atoms with van der Waals surface area (Å²) in [7, 11) is 0. The molecule has 0 spiro atoms. The highest BCUT2D eigenvalue weighted by Gasteiger charge is 2.02. The van der Waals surface area contributed by atoms with Crippen LogP contribution in [0, 0.1) is 0 Å². The number of ether oxygens (including phenoxy) is 1. The minimum Gasteiger partial charge on any atom is -0.508 e. The second-order valence-electron chi connectivity index (χ2n) is 2.53. The fourth-order valence-corrected chi connectivity index (χ4v) is 0.924. The minimum absolute atomic E-state index is 0. The summed E-state index contributed by atoms with van der Waals surface area (Å²) in [6.07, 6.45) is 0.178. The smallest absolute Gasteiger partial charge is 0.311 e. The van der Waals surface area contributed by atoms with E-state index in [1.54, 1.807) is 12.1 Å². The first-order valence-corrected chi connectivity index (χ1v) is 3.86. The summed E-state index contributed by atoms with van der Waals surface area (Å²) in [6.45, 7) is -0.100. The number of hydrogen-bond donors (Lipinski definition) is 2. The van der Waals surface area contributed by atoms with Crippen LogP contribution in [0.3, 0.4) is 0 Å². The maximum absolute atomic E-state index is 10.9. The van der Waals surface area contributed by atoms with Crippen molar-refractivity contribution in [3.63, 3.8) is 0 Å². The Bertz CT molecular complexity index is 287. The van der Waals surface area contributed by atoms with E-state index < -0.39 is 0 Å². The topological polar surface area (TPSA) is 72.5 Å². The first kappa shape index (κ1) is 12.7. The fraction of sp³-hybridized carbons (Fsp3) is 0.222. The van der Waals surface area contributed by atoms with Crippen LogP contribution in [0.4, 0.5) is 0 Å². The predicted octanol–water partition coefficient (Wildman–Crippen LogP) is 0.816. The van der Waals surface area contributed by atoms with Gasteiger partial charge in [0.05, 0.1) is 6.42 Å². The molecule has 4 nitrogen and oxygen atoms in total. The SMILES string of the molecule is Cl.NCOC(=O)Cc1ccc(O)cc1. The first-order chi connectivity index (χ1) is 6.22. The summed E-state index contributed by atoms with van der Waals surface area (Å²) in [5, 5.41) is 8.96. The van der Waals surface area contributed by atoms with Crippen LogP contribution in [0.5, 0.6) is 5.75 Å². The Morgan fingerprint density at radius 2 is 1.93 bits per heavy atom. The summed E-state index contributed by atoms with van der Waals surface area (Å²) in [4.78, 5) is 10.9. The van der Waals surface area contributed by atoms with E-state index in [0.717, 1.165) is 5.56 Å². The number of benzene rings is 1. The lowest BCUT2D eigenvalue weighted by atomic mass is 10.1. The van der Waals surface area contributed by atoms with Crippen LogP contribution < -0.4 is 5.73 Å². The minimum atomic E-state index is -0.367. The zero-order chi connectivity index (χ0) is 9.68. The lowest BCUT2D eigenvalue weighted by Gasteiger charge is -2.01. The van der Waals surface area contributed by atoms with Crippen molar-refractivity contribution in [2.24, 2.45) is 5.73 Å². The Morgan fingerprint density at radius 1 is 1.36 bits per heavy atom. The van der Waals surface area contributed by atoms with Crippen LogP contribution in [0.1, 0.15) is 5.56 Å². The number of esters is 1. The Morgan fingerprint density at radius 3 is 2.43 bits per heavy atom. The third-order valence-corrected chi connectivity index (χ3v) is 1.53. The van der Waals surface area contributed by atoms with Gasteiger partial charge in [0.2, 0.25) is 0 Å². The third kappa shape index (κ3) is 4.11. The molecule has 0 aliphatic heterocycles. The second-order valence-corrected chi connectivity index (χ2v) is 2.53. The molecule has 0 aliphatic rings. The summed E-state index contributed by atoms with van der Waals surface area (Å²) < 4.78 is 4.55. The zero-order valence-electron chi connectivity index (χ0n) is 7.47. The highest BCUT2D eigenvalue weighted by Crippen LogP contribution is 2.10. The van der Waals surface area contributed by atoms with E-state index in [1.165, 1.54) is 12.1 Å². The van der Waals surface area contributed by atoms with Gasteiger partial charge in [0.1, 0.15) is 12.5 Å². The Labute approximate surface area is 88.1 Å². The molecule has 3 N–H and O–H groups in total. The van der Waals surface area contributed by atoms with Gasteiger partial charge in [-0.3, -0.25) is 10.5 Å². The van der Waals surface area contributed by atoms with E-state index >= 15 is 0 Å². The van der Waals surface area contributed by atoms with Crippen LogP contribution in [-0.4, -0.2) is 17.8 Å². The molecule has 0 heterocycles. The second kappa shape index (κ2) is 6.23. The lowest BCUT2D eigenvalue weighted by molar-refractivity contribution is -0.142. The highest BCUT2D eigenvalue weighted by atomic mass is 35.5. The van der Waals surface area contributed by atoms with Gasteiger partial charge >= 0.3 is 5.97 Å². The van der Waals surface area contributed by atoms with Gasteiger partial charge in [-0.05, 0) is 17.7 Å². The molecule has 14 heavy (non-hydrogen) atoms. The molecule has 0 aliphatic carbocycles. The first-order valence-electron chi connectivity index (χ1n) is 3.86. The van der Waals surface area contributed by atoms with Crippen molar-refractivity contribution in [1.82, 2.24) is 0 Å². The van der Waals surface area contributed by atoms with Crippen molar-refractivity contribution in [2.75, 3.05) is 6.73 Å². The van der Waals surface area contributed by atoms with E-state index in [-0.39, 0.29) is 37.3 Å². The van der Waals surface area contributed by atoms with E-state index in [9.17, 15) is 4.79 Å². The lowest BCUT2D eigenvalue weighted by Crippen LogP contribution is -2.13. The standard InChI is InChI=1S/C9H11NO3.ClH/c10-6-13-9(12)5-7-1-3-8(11)4-2-7;/h1-4,11H,5-6,10H2;1H. The molecular weight excluding hydrogens is 206 g/mol. The molecule has 0 unspecified atom stereocenters. The normalized spacial score (nSPS) is 8.93. The van der Waals surface area contributed by atoms with Crippen molar-refractivity contribution in [1.29, 1.82) is 0 Å². The molecule has 0 radical (unpaired) electrons. The summed E-state index contributed by atoms with van der Waals surface area (Å²) >= 11 is 0. The molecule has 0 bridgehead atoms. The van der Waals surface area contributed by atoms with Gasteiger partial charge in [0.25, 0.3) is 0 Å².